The number of ether oxygens (including phenoxy) is 1. The molecule has 0 saturated heterocycles. The molecule has 0 bridgehead atoms. The molecule has 1 aromatic carbocycles. The van der Waals surface area contributed by atoms with Crippen LogP contribution in [-0.2, 0) is 9.59 Å². The molecule has 0 radical (unpaired) electrons. The third kappa shape index (κ3) is 4.14. The van der Waals surface area contributed by atoms with Gasteiger partial charge in [0.2, 0.25) is 12.8 Å². The zero-order chi connectivity index (χ0) is 12.5. The summed E-state index contributed by atoms with van der Waals surface area (Å²) in [4.78, 5) is 22.6. The van der Waals surface area contributed by atoms with E-state index in [1.165, 1.54) is 0 Å². The molecule has 92 valence electrons. The lowest BCUT2D eigenvalue weighted by molar-refractivity contribution is -0.109. The maximum Gasteiger partial charge on any atom is 0.214 e. The van der Waals surface area contributed by atoms with Crippen molar-refractivity contribution in [3.8, 4) is 5.75 Å². The molecule has 1 rings (SSSR count). The van der Waals surface area contributed by atoms with Crippen LogP contribution < -0.4 is 15.0 Å². The summed E-state index contributed by atoms with van der Waals surface area (Å²) in [5.41, 5.74) is 0.812. The lowest BCUT2D eigenvalue weighted by Gasteiger charge is -2.17. The Morgan fingerprint density at radius 1 is 1.29 bits per heavy atom. The molecule has 0 atom stereocenters. The lowest BCUT2D eigenvalue weighted by atomic mass is 10.2. The third-order valence-corrected chi connectivity index (χ3v) is 2.33. The van der Waals surface area contributed by atoms with Crippen molar-refractivity contribution in [2.45, 2.75) is 6.42 Å². The van der Waals surface area contributed by atoms with Crippen molar-refractivity contribution in [3.05, 3.63) is 24.3 Å². The fourth-order valence-corrected chi connectivity index (χ4v) is 1.43. The van der Waals surface area contributed by atoms with Crippen molar-refractivity contribution in [1.29, 1.82) is 0 Å². The van der Waals surface area contributed by atoms with Gasteiger partial charge in [-0.3, -0.25) is 9.59 Å². The van der Waals surface area contributed by atoms with E-state index in [1.807, 2.05) is 12.1 Å². The smallest absolute Gasteiger partial charge is 0.214 e. The quantitative estimate of drug-likeness (QED) is 0.536. The van der Waals surface area contributed by atoms with Crippen LogP contribution in [0.15, 0.2) is 24.3 Å². The Bertz CT molecular complexity index is 351. The fourth-order valence-electron chi connectivity index (χ4n) is 1.43. The van der Waals surface area contributed by atoms with Gasteiger partial charge >= 0.3 is 0 Å². The predicted molar refractivity (Wildman–Crippen MR) is 65.1 cm³/mol. The number of carbonyl (C=O) groups is 2. The molecule has 0 aliphatic rings. The number of methoxy groups -OCH3 is 1. The molecule has 0 fully saturated rings. The number of nitrogens with one attached hydrogen (secondary N) is 1. The average Bonchev–Trinajstić information content (AvgIpc) is 2.39. The average molecular weight is 236 g/mol. The minimum absolute atomic E-state index is 0.560. The Kier molecular flexibility index (Phi) is 5.57. The third-order valence-electron chi connectivity index (χ3n) is 2.33. The number of amides is 2. The molecule has 1 aromatic rings. The second-order valence-electron chi connectivity index (χ2n) is 3.42. The summed E-state index contributed by atoms with van der Waals surface area (Å²) in [6.45, 7) is 1.13. The predicted octanol–water partition coefficient (Wildman–Crippen LogP) is 0.794. The normalized spacial score (nSPS) is 9.47. The Hall–Kier alpha value is -2.04. The highest BCUT2D eigenvalue weighted by Crippen LogP contribution is 2.18. The molecule has 17 heavy (non-hydrogen) atoms. The number of rotatable bonds is 8. The number of carbonyl (C=O) groups excluding carboxylic acids is 2. The van der Waals surface area contributed by atoms with Crippen LogP contribution in [0.1, 0.15) is 6.42 Å². The molecule has 0 aliphatic heterocycles. The van der Waals surface area contributed by atoms with Crippen molar-refractivity contribution < 1.29 is 14.3 Å². The van der Waals surface area contributed by atoms with Crippen LogP contribution in [0.2, 0.25) is 0 Å². The van der Waals surface area contributed by atoms with E-state index in [-0.39, 0.29) is 0 Å². The summed E-state index contributed by atoms with van der Waals surface area (Å²) in [7, 11) is 1.59. The van der Waals surface area contributed by atoms with E-state index in [1.54, 1.807) is 24.1 Å². The van der Waals surface area contributed by atoms with Gasteiger partial charge in [-0.1, -0.05) is 0 Å². The number of nitrogens with zero attached hydrogens (tertiary/aromatic N) is 1. The van der Waals surface area contributed by atoms with Gasteiger partial charge < -0.3 is 15.0 Å². The van der Waals surface area contributed by atoms with Crippen LogP contribution in [-0.4, -0.2) is 33.0 Å². The molecule has 0 aromatic heterocycles. The first-order valence-electron chi connectivity index (χ1n) is 5.35. The Labute approximate surface area is 100 Å². The summed E-state index contributed by atoms with van der Waals surface area (Å²) in [5.74, 6) is 0.752. The number of benzene rings is 1. The van der Waals surface area contributed by atoms with Crippen LogP contribution in [0.4, 0.5) is 5.69 Å². The molecule has 0 saturated carbocycles. The zero-order valence-electron chi connectivity index (χ0n) is 9.76. The maximum absolute atomic E-state index is 10.9. The Morgan fingerprint density at radius 3 is 2.53 bits per heavy atom. The van der Waals surface area contributed by atoms with Gasteiger partial charge in [-0.15, -0.1) is 0 Å². The molecule has 0 heterocycles. The highest BCUT2D eigenvalue weighted by atomic mass is 16.5. The van der Waals surface area contributed by atoms with E-state index in [2.05, 4.69) is 5.32 Å². The molecule has 2 amide bonds. The number of anilines is 1. The number of hydrogen-bond donors (Lipinski definition) is 1. The van der Waals surface area contributed by atoms with E-state index >= 15 is 0 Å². The van der Waals surface area contributed by atoms with Gasteiger partial charge in [0, 0.05) is 18.8 Å². The second-order valence-corrected chi connectivity index (χ2v) is 3.42. The van der Waals surface area contributed by atoms with Gasteiger partial charge in [-0.25, -0.2) is 0 Å². The highest BCUT2D eigenvalue weighted by Gasteiger charge is 2.04. The Balaban J connectivity index is 2.53. The number of hydrogen-bond acceptors (Lipinski definition) is 3. The van der Waals surface area contributed by atoms with E-state index in [4.69, 9.17) is 4.74 Å². The lowest BCUT2D eigenvalue weighted by Crippen LogP contribution is -2.25. The largest absolute Gasteiger partial charge is 0.497 e. The molecule has 1 N–H and O–H groups in total. The molecule has 0 aliphatic carbocycles. The van der Waals surface area contributed by atoms with Gasteiger partial charge in [-0.05, 0) is 30.7 Å². The van der Waals surface area contributed by atoms with Gasteiger partial charge in [0.15, 0.2) is 0 Å². The van der Waals surface area contributed by atoms with Gasteiger partial charge in [0.25, 0.3) is 0 Å². The van der Waals surface area contributed by atoms with Gasteiger partial charge in [0.05, 0.1) is 7.11 Å². The molecular formula is C12H16N2O3. The topological polar surface area (TPSA) is 58.6 Å². The first kappa shape index (κ1) is 13.0. The van der Waals surface area contributed by atoms with E-state index in [0.717, 1.165) is 17.8 Å². The minimum Gasteiger partial charge on any atom is -0.497 e. The van der Waals surface area contributed by atoms with Gasteiger partial charge in [-0.2, -0.15) is 0 Å². The fraction of sp³-hybridized carbons (Fsp3) is 0.333. The van der Waals surface area contributed by atoms with Crippen LogP contribution in [0.5, 0.6) is 5.75 Å². The van der Waals surface area contributed by atoms with Crippen molar-refractivity contribution in [2.24, 2.45) is 0 Å². The van der Waals surface area contributed by atoms with Crippen LogP contribution in [0, 0.1) is 0 Å². The van der Waals surface area contributed by atoms with Gasteiger partial charge in [0.1, 0.15) is 5.75 Å². The molecule has 0 spiro atoms. The highest BCUT2D eigenvalue weighted by molar-refractivity contribution is 5.75. The standard InChI is InChI=1S/C12H16N2O3/c1-17-12-5-3-11(4-6-12)14(10-16)8-2-7-13-9-15/h3-6,9-10H,2,7-8H2,1H3,(H,13,15). The summed E-state index contributed by atoms with van der Waals surface area (Å²) < 4.78 is 5.04. The maximum atomic E-state index is 10.9. The SMILES string of the molecule is COc1ccc(N(C=O)CCCNC=O)cc1. The van der Waals surface area contributed by atoms with E-state index < -0.39 is 0 Å². The van der Waals surface area contributed by atoms with Crippen molar-refractivity contribution in [2.75, 3.05) is 25.1 Å². The summed E-state index contributed by atoms with van der Waals surface area (Å²) in [5, 5.41) is 2.55. The van der Waals surface area contributed by atoms with Crippen LogP contribution >= 0.6 is 0 Å². The zero-order valence-corrected chi connectivity index (χ0v) is 9.76. The molecule has 0 unspecified atom stereocenters. The van der Waals surface area contributed by atoms with E-state index in [9.17, 15) is 9.59 Å². The summed E-state index contributed by atoms with van der Waals surface area (Å²) in [6.07, 6.45) is 2.14. The van der Waals surface area contributed by atoms with Crippen LogP contribution in [0.3, 0.4) is 0 Å². The summed E-state index contributed by atoms with van der Waals surface area (Å²) >= 11 is 0. The summed E-state index contributed by atoms with van der Waals surface area (Å²) in [6, 6.07) is 7.24. The monoisotopic (exact) mass is 236 g/mol. The molecule has 5 nitrogen and oxygen atoms in total. The van der Waals surface area contributed by atoms with E-state index in [0.29, 0.717) is 25.9 Å². The second kappa shape index (κ2) is 7.27. The van der Waals surface area contributed by atoms with Crippen molar-refractivity contribution >= 4 is 18.5 Å². The first-order chi connectivity index (χ1) is 8.31. The minimum atomic E-state index is 0.560. The van der Waals surface area contributed by atoms with Crippen LogP contribution in [0.25, 0.3) is 0 Å². The Morgan fingerprint density at radius 2 is 2.00 bits per heavy atom. The van der Waals surface area contributed by atoms with Crippen molar-refractivity contribution in [1.82, 2.24) is 5.32 Å². The molecular weight excluding hydrogens is 220 g/mol. The first-order valence-corrected chi connectivity index (χ1v) is 5.35. The molecule has 5 heteroatoms. The van der Waals surface area contributed by atoms with Crippen molar-refractivity contribution in [3.63, 3.8) is 0 Å².